The average Bonchev–Trinajstić information content (AvgIpc) is 2.92. The third-order valence-electron chi connectivity index (χ3n) is 3.98. The van der Waals surface area contributed by atoms with Crippen LogP contribution in [-0.4, -0.2) is 33.2 Å². The van der Waals surface area contributed by atoms with Gasteiger partial charge in [0.15, 0.2) is 0 Å². The molecule has 0 aliphatic heterocycles. The number of anilines is 1. The monoisotopic (exact) mass is 324 g/mol. The van der Waals surface area contributed by atoms with Gasteiger partial charge in [-0.15, -0.1) is 0 Å². The predicted octanol–water partition coefficient (Wildman–Crippen LogP) is 2.21. The first kappa shape index (κ1) is 16.8. The van der Waals surface area contributed by atoms with E-state index in [0.717, 1.165) is 31.2 Å². The number of carbonyl (C=O) groups excluding carboxylic acids is 1. The molecule has 1 fully saturated rings. The molecule has 22 heavy (non-hydrogen) atoms. The zero-order chi connectivity index (χ0) is 16.2. The van der Waals surface area contributed by atoms with Gasteiger partial charge in [-0.1, -0.05) is 30.5 Å². The number of rotatable bonds is 6. The lowest BCUT2D eigenvalue weighted by molar-refractivity contribution is -0.121. The molecule has 0 saturated heterocycles. The summed E-state index contributed by atoms with van der Waals surface area (Å²) < 4.78 is 25.2. The van der Waals surface area contributed by atoms with Crippen molar-refractivity contribution in [3.8, 4) is 0 Å². The summed E-state index contributed by atoms with van der Waals surface area (Å²) in [6.45, 7) is 2.12. The number of nitrogens with one attached hydrogen (secondary N) is 1. The van der Waals surface area contributed by atoms with Crippen LogP contribution in [0.15, 0.2) is 24.3 Å². The molecule has 1 amide bonds. The van der Waals surface area contributed by atoms with Gasteiger partial charge in [0, 0.05) is 19.0 Å². The molecule has 0 atom stereocenters. The van der Waals surface area contributed by atoms with Gasteiger partial charge in [-0.25, -0.2) is 8.42 Å². The number of hydrogen-bond acceptors (Lipinski definition) is 3. The van der Waals surface area contributed by atoms with Crippen LogP contribution in [0.25, 0.3) is 0 Å². The minimum Gasteiger partial charge on any atom is -0.353 e. The Kier molecular flexibility index (Phi) is 5.45. The third kappa shape index (κ3) is 4.73. The second-order valence-electron chi connectivity index (χ2n) is 5.97. The van der Waals surface area contributed by atoms with E-state index in [0.29, 0.717) is 5.69 Å². The van der Waals surface area contributed by atoms with Crippen molar-refractivity contribution >= 4 is 21.6 Å². The van der Waals surface area contributed by atoms with Crippen LogP contribution in [0.3, 0.4) is 0 Å². The number of sulfonamides is 1. The van der Waals surface area contributed by atoms with Crippen LogP contribution in [0.1, 0.15) is 37.7 Å². The van der Waals surface area contributed by atoms with Gasteiger partial charge in [0.1, 0.15) is 0 Å². The van der Waals surface area contributed by atoms with Crippen molar-refractivity contribution in [3.05, 3.63) is 29.8 Å². The molecular weight excluding hydrogens is 300 g/mol. The van der Waals surface area contributed by atoms with Crippen LogP contribution < -0.4 is 9.62 Å². The highest BCUT2D eigenvalue weighted by Gasteiger charge is 2.21. The van der Waals surface area contributed by atoms with Crippen LogP contribution in [0.5, 0.6) is 0 Å². The molecule has 6 heteroatoms. The summed E-state index contributed by atoms with van der Waals surface area (Å²) in [5.41, 5.74) is 1.66. The van der Waals surface area contributed by atoms with E-state index in [2.05, 4.69) is 5.32 Å². The molecule has 0 unspecified atom stereocenters. The molecule has 122 valence electrons. The molecule has 1 aromatic rings. The lowest BCUT2D eigenvalue weighted by atomic mass is 10.2. The number of aryl methyl sites for hydroxylation is 1. The van der Waals surface area contributed by atoms with Crippen LogP contribution in [0, 0.1) is 6.92 Å². The van der Waals surface area contributed by atoms with E-state index >= 15 is 0 Å². The van der Waals surface area contributed by atoms with Gasteiger partial charge < -0.3 is 5.32 Å². The van der Waals surface area contributed by atoms with Gasteiger partial charge in [0.25, 0.3) is 0 Å². The van der Waals surface area contributed by atoms with Crippen LogP contribution in [0.4, 0.5) is 5.69 Å². The Bertz CT molecular complexity index is 605. The number of benzene rings is 1. The molecule has 0 spiro atoms. The van der Waals surface area contributed by atoms with E-state index < -0.39 is 10.0 Å². The minimum absolute atomic E-state index is 0.0762. The highest BCUT2D eigenvalue weighted by Crippen LogP contribution is 2.20. The molecule has 0 bridgehead atoms. The van der Waals surface area contributed by atoms with Crippen molar-refractivity contribution < 1.29 is 13.2 Å². The third-order valence-corrected chi connectivity index (χ3v) is 5.18. The molecule has 0 aromatic heterocycles. The lowest BCUT2D eigenvalue weighted by Gasteiger charge is -2.22. The van der Waals surface area contributed by atoms with E-state index in [1.54, 1.807) is 12.1 Å². The van der Waals surface area contributed by atoms with Gasteiger partial charge in [-0.3, -0.25) is 9.10 Å². The molecule has 0 radical (unpaired) electrons. The summed E-state index contributed by atoms with van der Waals surface area (Å²) in [6.07, 6.45) is 5.71. The predicted molar refractivity (Wildman–Crippen MR) is 88.4 cm³/mol. The van der Waals surface area contributed by atoms with Crippen LogP contribution in [0.2, 0.25) is 0 Å². The van der Waals surface area contributed by atoms with Crippen molar-refractivity contribution in [2.75, 3.05) is 17.1 Å². The Morgan fingerprint density at radius 1 is 1.23 bits per heavy atom. The first-order chi connectivity index (χ1) is 10.4. The second kappa shape index (κ2) is 7.13. The fraction of sp³-hybridized carbons (Fsp3) is 0.562. The first-order valence-electron chi connectivity index (χ1n) is 7.70. The molecule has 2 rings (SSSR count). The second-order valence-corrected chi connectivity index (χ2v) is 7.88. The molecule has 1 N–H and O–H groups in total. The maximum atomic E-state index is 12.0. The normalized spacial score (nSPS) is 15.7. The van der Waals surface area contributed by atoms with Gasteiger partial charge in [-0.05, 0) is 31.9 Å². The summed E-state index contributed by atoms with van der Waals surface area (Å²) in [6, 6.07) is 7.54. The summed E-state index contributed by atoms with van der Waals surface area (Å²) in [5.74, 6) is -0.0762. The Morgan fingerprint density at radius 3 is 2.36 bits per heavy atom. The fourth-order valence-electron chi connectivity index (χ4n) is 2.77. The standard InChI is InChI=1S/C16H24N2O3S/c1-13-7-9-15(10-8-13)18(22(2,20)21)12-11-16(19)17-14-5-3-4-6-14/h7-10,14H,3-6,11-12H2,1-2H3,(H,17,19). The van der Waals surface area contributed by atoms with Crippen LogP contribution >= 0.6 is 0 Å². The van der Waals surface area contributed by atoms with Crippen molar-refractivity contribution in [2.24, 2.45) is 0 Å². The van der Waals surface area contributed by atoms with Gasteiger partial charge in [0.2, 0.25) is 15.9 Å². The molecule has 1 saturated carbocycles. The maximum Gasteiger partial charge on any atom is 0.232 e. The maximum absolute atomic E-state index is 12.0. The topological polar surface area (TPSA) is 66.5 Å². The summed E-state index contributed by atoms with van der Waals surface area (Å²) in [7, 11) is -3.40. The summed E-state index contributed by atoms with van der Waals surface area (Å²) in [5, 5.41) is 2.99. The van der Waals surface area contributed by atoms with E-state index in [4.69, 9.17) is 0 Å². The lowest BCUT2D eigenvalue weighted by Crippen LogP contribution is -2.37. The van der Waals surface area contributed by atoms with Gasteiger partial charge >= 0.3 is 0 Å². The number of hydrogen-bond donors (Lipinski definition) is 1. The van der Waals surface area contributed by atoms with E-state index in [9.17, 15) is 13.2 Å². The zero-order valence-corrected chi connectivity index (χ0v) is 14.0. The van der Waals surface area contributed by atoms with E-state index in [-0.39, 0.29) is 24.9 Å². The van der Waals surface area contributed by atoms with Crippen molar-refractivity contribution in [1.82, 2.24) is 5.32 Å². The fourth-order valence-corrected chi connectivity index (χ4v) is 3.70. The Labute approximate surface area is 132 Å². The van der Waals surface area contributed by atoms with E-state index in [1.165, 1.54) is 10.6 Å². The zero-order valence-electron chi connectivity index (χ0n) is 13.2. The Morgan fingerprint density at radius 2 is 1.82 bits per heavy atom. The summed E-state index contributed by atoms with van der Waals surface area (Å²) >= 11 is 0. The van der Waals surface area contributed by atoms with Crippen molar-refractivity contribution in [3.63, 3.8) is 0 Å². The highest BCUT2D eigenvalue weighted by atomic mass is 32.2. The molecule has 1 aliphatic rings. The van der Waals surface area contributed by atoms with E-state index in [1.807, 2.05) is 19.1 Å². The molecule has 1 aliphatic carbocycles. The summed E-state index contributed by atoms with van der Waals surface area (Å²) in [4.78, 5) is 12.0. The first-order valence-corrected chi connectivity index (χ1v) is 9.55. The molecular formula is C16H24N2O3S. The Hall–Kier alpha value is -1.56. The smallest absolute Gasteiger partial charge is 0.232 e. The number of amides is 1. The van der Waals surface area contributed by atoms with Gasteiger partial charge in [-0.2, -0.15) is 0 Å². The SMILES string of the molecule is Cc1ccc(N(CCC(=O)NC2CCCC2)S(C)(=O)=O)cc1. The Balaban J connectivity index is 1.98. The van der Waals surface area contributed by atoms with Crippen molar-refractivity contribution in [1.29, 1.82) is 0 Å². The largest absolute Gasteiger partial charge is 0.353 e. The van der Waals surface area contributed by atoms with Crippen molar-refractivity contribution in [2.45, 2.75) is 45.1 Å². The number of nitrogens with zero attached hydrogens (tertiary/aromatic N) is 1. The van der Waals surface area contributed by atoms with Gasteiger partial charge in [0.05, 0.1) is 11.9 Å². The average molecular weight is 324 g/mol. The number of carbonyl (C=O) groups is 1. The van der Waals surface area contributed by atoms with Crippen LogP contribution in [-0.2, 0) is 14.8 Å². The highest BCUT2D eigenvalue weighted by molar-refractivity contribution is 7.92. The molecule has 1 aromatic carbocycles. The quantitative estimate of drug-likeness (QED) is 0.872. The molecule has 5 nitrogen and oxygen atoms in total. The molecule has 0 heterocycles. The minimum atomic E-state index is -3.40.